The van der Waals surface area contributed by atoms with Gasteiger partial charge in [-0.25, -0.2) is 5.21 Å². The fourth-order valence-corrected chi connectivity index (χ4v) is 1.43. The third kappa shape index (κ3) is 2.05. The highest BCUT2D eigenvalue weighted by Crippen LogP contribution is 2.32. The molecule has 0 fully saturated rings. The van der Waals surface area contributed by atoms with Crippen LogP contribution in [-0.2, 0) is 5.41 Å². The molecule has 0 heterocycles. The Morgan fingerprint density at radius 1 is 1.43 bits per heavy atom. The zero-order valence-electron chi connectivity index (χ0n) is 9.04. The normalized spacial score (nSPS) is 11.7. The highest BCUT2D eigenvalue weighted by Gasteiger charge is 2.21. The monoisotopic (exact) mass is 195 g/mol. The molecule has 0 radical (unpaired) electrons. The molecule has 0 spiro atoms. The number of benzene rings is 1. The van der Waals surface area contributed by atoms with E-state index < -0.39 is 0 Å². The Bertz CT molecular complexity index is 321. The van der Waals surface area contributed by atoms with Gasteiger partial charge in [-0.1, -0.05) is 20.8 Å². The molecule has 1 aromatic carbocycles. The Morgan fingerprint density at radius 2 is 2.07 bits per heavy atom. The second-order valence-electron chi connectivity index (χ2n) is 4.21. The van der Waals surface area contributed by atoms with Gasteiger partial charge >= 0.3 is 0 Å². The maximum absolute atomic E-state index is 8.93. The van der Waals surface area contributed by atoms with Gasteiger partial charge in [0.05, 0.1) is 0 Å². The molecule has 3 nitrogen and oxygen atoms in total. The largest absolute Gasteiger partial charge is 0.398 e. The summed E-state index contributed by atoms with van der Waals surface area (Å²) in [6.45, 7) is 6.44. The first-order valence-electron chi connectivity index (χ1n) is 4.88. The van der Waals surface area contributed by atoms with Crippen LogP contribution in [0.4, 0.5) is 11.4 Å². The Morgan fingerprint density at radius 3 is 2.57 bits per heavy atom. The van der Waals surface area contributed by atoms with Crippen molar-refractivity contribution in [2.45, 2.75) is 32.6 Å². The summed E-state index contributed by atoms with van der Waals surface area (Å²) in [6.07, 6.45) is 1.02. The molecule has 0 saturated heterocycles. The average molecular weight is 195 g/mol. The number of hydrogen-bond donors (Lipinski definition) is 3. The Labute approximate surface area is 84.9 Å². The molecule has 0 amide bonds. The summed E-state index contributed by atoms with van der Waals surface area (Å²) in [6, 6.07) is 5.60. The molecule has 0 atom stereocenters. The summed E-state index contributed by atoms with van der Waals surface area (Å²) >= 11 is 0. The standard InChI is InChI=1S/C11H18N2O/c1-4-11(2,3)9-7-8(13-14)5-6-10(9)12/h5-7,13-14H,4,12H2,1-3H3/p+1. The van der Waals surface area contributed by atoms with Gasteiger partial charge in [-0.05, 0) is 23.5 Å². The molecule has 0 bridgehead atoms. The number of hydrogen-bond acceptors (Lipinski definition) is 2. The molecule has 0 aliphatic heterocycles. The summed E-state index contributed by atoms with van der Waals surface area (Å²) in [5, 5.41) is 8.93. The first-order valence-corrected chi connectivity index (χ1v) is 4.88. The van der Waals surface area contributed by atoms with Crippen LogP contribution in [0, 0.1) is 0 Å². The van der Waals surface area contributed by atoms with Gasteiger partial charge in [0.1, 0.15) is 0 Å². The van der Waals surface area contributed by atoms with Crippen LogP contribution in [0.25, 0.3) is 0 Å². The third-order valence-electron chi connectivity index (χ3n) is 2.84. The van der Waals surface area contributed by atoms with E-state index in [0.29, 0.717) is 0 Å². The van der Waals surface area contributed by atoms with Gasteiger partial charge in [-0.3, -0.25) is 0 Å². The van der Waals surface area contributed by atoms with Crippen LogP contribution in [-0.4, -0.2) is 5.21 Å². The number of nitrogens with two attached hydrogens (primary N) is 2. The Hall–Kier alpha value is -1.06. The van der Waals surface area contributed by atoms with Crippen molar-refractivity contribution in [3.05, 3.63) is 23.8 Å². The Balaban J connectivity index is 3.18. The van der Waals surface area contributed by atoms with E-state index in [0.717, 1.165) is 28.8 Å². The molecule has 0 aromatic heterocycles. The molecule has 1 rings (SSSR count). The first kappa shape index (κ1) is 11.0. The van der Waals surface area contributed by atoms with E-state index in [4.69, 9.17) is 10.9 Å². The summed E-state index contributed by atoms with van der Waals surface area (Å²) in [5.41, 5.74) is 9.77. The summed E-state index contributed by atoms with van der Waals surface area (Å²) in [5.74, 6) is 0. The lowest BCUT2D eigenvalue weighted by molar-refractivity contribution is -0.825. The summed E-state index contributed by atoms with van der Waals surface area (Å²) in [4.78, 5) is 0. The van der Waals surface area contributed by atoms with Crippen molar-refractivity contribution in [3.8, 4) is 0 Å². The molecular weight excluding hydrogens is 176 g/mol. The van der Waals surface area contributed by atoms with Crippen molar-refractivity contribution in [1.82, 2.24) is 0 Å². The molecule has 14 heavy (non-hydrogen) atoms. The van der Waals surface area contributed by atoms with Crippen LogP contribution in [0.5, 0.6) is 0 Å². The number of rotatable bonds is 3. The van der Waals surface area contributed by atoms with Crippen molar-refractivity contribution in [3.63, 3.8) is 0 Å². The molecule has 5 N–H and O–H groups in total. The minimum atomic E-state index is 0.0586. The quantitative estimate of drug-likeness (QED) is 0.506. The van der Waals surface area contributed by atoms with Crippen molar-refractivity contribution >= 4 is 11.4 Å². The number of anilines is 1. The lowest BCUT2D eigenvalue weighted by Gasteiger charge is -2.24. The molecule has 0 aliphatic rings. The SMILES string of the molecule is CCC(C)(C)c1cc([NH2+]O)ccc1N. The van der Waals surface area contributed by atoms with Crippen LogP contribution >= 0.6 is 0 Å². The lowest BCUT2D eigenvalue weighted by atomic mass is 9.81. The smallest absolute Gasteiger partial charge is 0.162 e. The number of nitrogen functional groups attached to an aromatic ring is 1. The topological polar surface area (TPSA) is 62.9 Å². The van der Waals surface area contributed by atoms with Crippen molar-refractivity contribution in [2.75, 3.05) is 5.73 Å². The molecule has 3 heteroatoms. The van der Waals surface area contributed by atoms with Crippen LogP contribution in [0.1, 0.15) is 32.8 Å². The van der Waals surface area contributed by atoms with Gasteiger partial charge in [-0.15, -0.1) is 0 Å². The van der Waals surface area contributed by atoms with Crippen LogP contribution in [0.2, 0.25) is 0 Å². The molecule has 0 saturated carbocycles. The minimum absolute atomic E-state index is 0.0586. The minimum Gasteiger partial charge on any atom is -0.398 e. The Kier molecular flexibility index (Phi) is 3.13. The fraction of sp³-hybridized carbons (Fsp3) is 0.455. The second-order valence-corrected chi connectivity index (χ2v) is 4.21. The molecule has 0 unspecified atom stereocenters. The van der Waals surface area contributed by atoms with Gasteiger partial charge in [0.25, 0.3) is 0 Å². The second kappa shape index (κ2) is 3.98. The number of quaternary nitrogens is 1. The third-order valence-corrected chi connectivity index (χ3v) is 2.84. The summed E-state index contributed by atoms with van der Waals surface area (Å²) < 4.78 is 0. The van der Waals surface area contributed by atoms with E-state index in [1.165, 1.54) is 0 Å². The van der Waals surface area contributed by atoms with E-state index in [-0.39, 0.29) is 5.41 Å². The molecule has 1 aromatic rings. The highest BCUT2D eigenvalue weighted by atomic mass is 16.5. The zero-order valence-corrected chi connectivity index (χ0v) is 9.04. The van der Waals surface area contributed by atoms with Gasteiger partial charge in [0, 0.05) is 17.8 Å². The van der Waals surface area contributed by atoms with E-state index in [9.17, 15) is 0 Å². The first-order chi connectivity index (χ1) is 6.51. The van der Waals surface area contributed by atoms with Gasteiger partial charge in [0.15, 0.2) is 5.69 Å². The van der Waals surface area contributed by atoms with Crippen molar-refractivity contribution in [1.29, 1.82) is 0 Å². The van der Waals surface area contributed by atoms with Gasteiger partial charge < -0.3 is 5.73 Å². The maximum Gasteiger partial charge on any atom is 0.162 e. The molecular formula is C11H19N2O+. The maximum atomic E-state index is 8.93. The fourth-order valence-electron chi connectivity index (χ4n) is 1.43. The van der Waals surface area contributed by atoms with Crippen molar-refractivity contribution in [2.24, 2.45) is 0 Å². The summed E-state index contributed by atoms with van der Waals surface area (Å²) in [7, 11) is 0. The predicted octanol–water partition coefficient (Wildman–Crippen LogP) is 1.54. The van der Waals surface area contributed by atoms with E-state index in [1.807, 2.05) is 18.2 Å². The van der Waals surface area contributed by atoms with Crippen LogP contribution < -0.4 is 11.2 Å². The van der Waals surface area contributed by atoms with Crippen LogP contribution in [0.15, 0.2) is 18.2 Å². The van der Waals surface area contributed by atoms with Gasteiger partial charge in [0.2, 0.25) is 0 Å². The zero-order chi connectivity index (χ0) is 10.8. The van der Waals surface area contributed by atoms with Crippen molar-refractivity contribution < 1.29 is 10.7 Å². The molecule has 78 valence electrons. The molecule has 0 aliphatic carbocycles. The van der Waals surface area contributed by atoms with Gasteiger partial charge in [-0.2, -0.15) is 5.48 Å². The van der Waals surface area contributed by atoms with E-state index >= 15 is 0 Å². The highest BCUT2D eigenvalue weighted by molar-refractivity contribution is 5.55. The van der Waals surface area contributed by atoms with E-state index in [1.54, 1.807) is 0 Å². The average Bonchev–Trinajstić information content (AvgIpc) is 2.18. The van der Waals surface area contributed by atoms with E-state index in [2.05, 4.69) is 20.8 Å². The lowest BCUT2D eigenvalue weighted by Crippen LogP contribution is -2.73. The predicted molar refractivity (Wildman–Crippen MR) is 57.5 cm³/mol. The van der Waals surface area contributed by atoms with Crippen LogP contribution in [0.3, 0.4) is 0 Å².